The maximum Gasteiger partial charge on any atom is 0.101 e. The van der Waals surface area contributed by atoms with E-state index < -0.39 is 0 Å². The highest BCUT2D eigenvalue weighted by atomic mass is 16.6. The molecule has 1 N–H and O–H groups in total. The molecule has 5 rings (SSSR count). The van der Waals surface area contributed by atoms with Crippen molar-refractivity contribution >= 4 is 0 Å². The van der Waals surface area contributed by atoms with Crippen LogP contribution in [-0.4, -0.2) is 22.9 Å². The molecule has 1 heterocycles. The zero-order valence-electron chi connectivity index (χ0n) is 19.8. The van der Waals surface area contributed by atoms with Crippen LogP contribution in [0.5, 0.6) is 0 Å². The van der Waals surface area contributed by atoms with E-state index in [2.05, 4.69) is 34.6 Å². The molecule has 5 fully saturated rings. The summed E-state index contributed by atoms with van der Waals surface area (Å²) in [5, 5.41) is 10.3. The number of fused-ring (bicyclic) bond motifs is 3. The number of aliphatic hydroxyl groups excluding tert-OH is 1. The van der Waals surface area contributed by atoms with E-state index in [0.29, 0.717) is 22.9 Å². The predicted octanol–water partition coefficient (Wildman–Crippen LogP) is 6.60. The van der Waals surface area contributed by atoms with E-state index in [4.69, 9.17) is 4.74 Å². The zero-order valence-corrected chi connectivity index (χ0v) is 19.8. The predicted molar refractivity (Wildman–Crippen MR) is 119 cm³/mol. The number of ether oxygens (including phenoxy) is 1. The lowest BCUT2D eigenvalue weighted by atomic mass is 9.44. The van der Waals surface area contributed by atoms with Gasteiger partial charge in [0.15, 0.2) is 0 Å². The summed E-state index contributed by atoms with van der Waals surface area (Å²) in [5.74, 6) is 4.84. The number of rotatable bonds is 5. The van der Waals surface area contributed by atoms with Crippen molar-refractivity contribution in [2.75, 3.05) is 0 Å². The summed E-state index contributed by atoms with van der Waals surface area (Å²) in [5.41, 5.74) is 1.13. The first-order valence-corrected chi connectivity index (χ1v) is 13.1. The highest BCUT2D eigenvalue weighted by Gasteiger charge is 2.78. The monoisotopic (exact) mass is 402 g/mol. The molecule has 0 aromatic rings. The van der Waals surface area contributed by atoms with Crippen molar-refractivity contribution in [1.82, 2.24) is 0 Å². The van der Waals surface area contributed by atoms with Crippen LogP contribution in [0.3, 0.4) is 0 Å². The van der Waals surface area contributed by atoms with Crippen LogP contribution in [0.15, 0.2) is 0 Å². The Bertz CT molecular complexity index is 630. The molecular formula is C27H46O2. The number of hydrogen-bond acceptors (Lipinski definition) is 2. The van der Waals surface area contributed by atoms with E-state index in [0.717, 1.165) is 42.4 Å². The molecule has 0 bridgehead atoms. The van der Waals surface area contributed by atoms with Crippen molar-refractivity contribution in [3.63, 3.8) is 0 Å². The lowest BCUT2D eigenvalue weighted by Crippen LogP contribution is -2.59. The fourth-order valence-corrected chi connectivity index (χ4v) is 9.65. The molecule has 1 aliphatic heterocycles. The van der Waals surface area contributed by atoms with E-state index in [1.807, 2.05) is 0 Å². The third-order valence-corrected chi connectivity index (χ3v) is 11.2. The normalized spacial score (nSPS) is 54.3. The van der Waals surface area contributed by atoms with E-state index in [1.54, 1.807) is 0 Å². The molecule has 0 aromatic carbocycles. The first kappa shape index (κ1) is 20.8. The quantitative estimate of drug-likeness (QED) is 0.525. The molecule has 10 atom stereocenters. The van der Waals surface area contributed by atoms with Crippen molar-refractivity contribution in [2.24, 2.45) is 46.3 Å². The van der Waals surface area contributed by atoms with Gasteiger partial charge in [-0.05, 0) is 97.7 Å². The van der Waals surface area contributed by atoms with Crippen molar-refractivity contribution in [1.29, 1.82) is 0 Å². The van der Waals surface area contributed by atoms with Gasteiger partial charge in [0.05, 0.1) is 12.2 Å². The smallest absolute Gasteiger partial charge is 0.101 e. The van der Waals surface area contributed by atoms with E-state index in [-0.39, 0.29) is 11.7 Å². The summed E-state index contributed by atoms with van der Waals surface area (Å²) in [6, 6.07) is 0. The highest BCUT2D eigenvalue weighted by molar-refractivity contribution is 5.26. The Labute approximate surface area is 179 Å². The summed E-state index contributed by atoms with van der Waals surface area (Å²) >= 11 is 0. The molecule has 1 spiro atoms. The van der Waals surface area contributed by atoms with Crippen LogP contribution in [0.25, 0.3) is 0 Å². The van der Waals surface area contributed by atoms with Gasteiger partial charge in [-0.3, -0.25) is 0 Å². The summed E-state index contributed by atoms with van der Waals surface area (Å²) in [6.45, 7) is 12.5. The third kappa shape index (κ3) is 2.94. The van der Waals surface area contributed by atoms with Crippen LogP contribution >= 0.6 is 0 Å². The third-order valence-electron chi connectivity index (χ3n) is 11.2. The van der Waals surface area contributed by atoms with Crippen molar-refractivity contribution in [3.8, 4) is 0 Å². The van der Waals surface area contributed by atoms with Gasteiger partial charge < -0.3 is 9.84 Å². The summed E-state index contributed by atoms with van der Waals surface area (Å²) < 4.78 is 6.80. The average Bonchev–Trinajstić information content (AvgIpc) is 3.22. The van der Waals surface area contributed by atoms with Crippen LogP contribution in [-0.2, 0) is 4.74 Å². The largest absolute Gasteiger partial charge is 0.393 e. The zero-order chi connectivity index (χ0) is 20.6. The minimum Gasteiger partial charge on any atom is -0.393 e. The molecule has 29 heavy (non-hydrogen) atoms. The van der Waals surface area contributed by atoms with Gasteiger partial charge in [-0.15, -0.1) is 0 Å². The van der Waals surface area contributed by atoms with E-state index in [9.17, 15) is 5.11 Å². The molecule has 0 aromatic heterocycles. The topological polar surface area (TPSA) is 32.8 Å². The van der Waals surface area contributed by atoms with Gasteiger partial charge >= 0.3 is 0 Å². The summed E-state index contributed by atoms with van der Waals surface area (Å²) in [6.07, 6.45) is 14.8. The second kappa shape index (κ2) is 6.96. The van der Waals surface area contributed by atoms with Crippen LogP contribution in [0.1, 0.15) is 105 Å². The first-order valence-electron chi connectivity index (χ1n) is 13.1. The highest BCUT2D eigenvalue weighted by Crippen LogP contribution is 2.76. The maximum atomic E-state index is 10.3. The molecule has 2 nitrogen and oxygen atoms in total. The van der Waals surface area contributed by atoms with E-state index in [1.165, 1.54) is 57.8 Å². The van der Waals surface area contributed by atoms with Gasteiger partial charge in [0.25, 0.3) is 0 Å². The fourth-order valence-electron chi connectivity index (χ4n) is 9.65. The fraction of sp³-hybridized carbons (Fsp3) is 1.00. The van der Waals surface area contributed by atoms with Gasteiger partial charge in [-0.2, -0.15) is 0 Å². The maximum absolute atomic E-state index is 10.3. The minimum atomic E-state index is -0.0595. The van der Waals surface area contributed by atoms with Gasteiger partial charge in [-0.25, -0.2) is 0 Å². The molecule has 0 radical (unpaired) electrons. The molecule has 1 saturated heterocycles. The Morgan fingerprint density at radius 3 is 2.38 bits per heavy atom. The molecule has 166 valence electrons. The van der Waals surface area contributed by atoms with Crippen LogP contribution in [0, 0.1) is 46.3 Å². The van der Waals surface area contributed by atoms with Crippen molar-refractivity contribution in [3.05, 3.63) is 0 Å². The molecule has 4 aliphatic carbocycles. The molecule has 0 amide bonds. The molecule has 2 heteroatoms. The number of epoxide rings is 1. The summed E-state index contributed by atoms with van der Waals surface area (Å²) in [4.78, 5) is 0. The lowest BCUT2D eigenvalue weighted by Gasteiger charge is -2.59. The minimum absolute atomic E-state index is 0.0595. The molecule has 0 unspecified atom stereocenters. The molecule has 4 saturated carbocycles. The Balaban J connectivity index is 1.35. The van der Waals surface area contributed by atoms with Gasteiger partial charge in [0.1, 0.15) is 5.60 Å². The Hall–Kier alpha value is -0.0800. The number of hydrogen-bond donors (Lipinski definition) is 1. The SMILES string of the molecule is CC(C)CCC[C@@H](C)[C@H]1CC[C@@H]2[C@]1(C)CC[C@@H]1[C@@]3(C)CC[C@H](O)C[C@@H]3C[C@H]3O[C@]123. The summed E-state index contributed by atoms with van der Waals surface area (Å²) in [7, 11) is 0. The molecular weight excluding hydrogens is 356 g/mol. The van der Waals surface area contributed by atoms with Crippen LogP contribution < -0.4 is 0 Å². The second-order valence-electron chi connectivity index (χ2n) is 13.0. The lowest BCUT2D eigenvalue weighted by molar-refractivity contribution is -0.118. The second-order valence-corrected chi connectivity index (χ2v) is 13.0. The Morgan fingerprint density at radius 1 is 0.897 bits per heavy atom. The van der Waals surface area contributed by atoms with Gasteiger partial charge in [0.2, 0.25) is 0 Å². The van der Waals surface area contributed by atoms with Crippen LogP contribution in [0.2, 0.25) is 0 Å². The first-order chi connectivity index (χ1) is 13.7. The van der Waals surface area contributed by atoms with Crippen molar-refractivity contribution in [2.45, 2.75) is 123 Å². The van der Waals surface area contributed by atoms with Crippen molar-refractivity contribution < 1.29 is 9.84 Å². The van der Waals surface area contributed by atoms with Gasteiger partial charge in [0, 0.05) is 0 Å². The van der Waals surface area contributed by atoms with Gasteiger partial charge in [-0.1, -0.05) is 53.9 Å². The Morgan fingerprint density at radius 2 is 1.62 bits per heavy atom. The number of aliphatic hydroxyl groups is 1. The van der Waals surface area contributed by atoms with E-state index >= 15 is 0 Å². The standard InChI is InChI=1S/C27H46O2/c1-17(2)7-6-8-18(3)21-9-10-22-26(21,5)14-12-23-25(4)13-11-20(28)15-19(25)16-24-27(22,23)29-24/h17-24,28H,6-16H2,1-5H3/t18-,19-,20+,21-,22-,23-,24-,25+,26-,27+/m1/s1. The van der Waals surface area contributed by atoms with Crippen LogP contribution in [0.4, 0.5) is 0 Å². The Kier molecular flexibility index (Phi) is 4.99. The average molecular weight is 403 g/mol. The molecule has 5 aliphatic rings.